The molecule has 178 valence electrons. The number of methoxy groups -OCH3 is 1. The van der Waals surface area contributed by atoms with Gasteiger partial charge in [-0.3, -0.25) is 9.59 Å². The number of anilines is 1. The molecular weight excluding hydrogens is 445 g/mol. The van der Waals surface area contributed by atoms with Gasteiger partial charge in [-0.1, -0.05) is 6.07 Å². The first kappa shape index (κ1) is 25.5. The van der Waals surface area contributed by atoms with Crippen molar-refractivity contribution in [2.75, 3.05) is 25.6 Å². The third-order valence-corrected chi connectivity index (χ3v) is 4.02. The van der Waals surface area contributed by atoms with Crippen molar-refractivity contribution in [3.05, 3.63) is 53.6 Å². The molecule has 2 aromatic rings. The van der Waals surface area contributed by atoms with Gasteiger partial charge in [0.05, 0.1) is 18.2 Å². The van der Waals surface area contributed by atoms with Crippen LogP contribution in [0.1, 0.15) is 29.8 Å². The van der Waals surface area contributed by atoms with E-state index in [4.69, 9.17) is 14.2 Å². The molecule has 33 heavy (non-hydrogen) atoms. The minimum atomic E-state index is -4.54. The highest BCUT2D eigenvalue weighted by Gasteiger charge is 2.30. The average Bonchev–Trinajstić information content (AvgIpc) is 2.75. The molecule has 0 aliphatic rings. The Kier molecular flexibility index (Phi) is 8.66. The highest BCUT2D eigenvalue weighted by molar-refractivity contribution is 5.93. The second-order valence-corrected chi connectivity index (χ2v) is 7.08. The summed E-state index contributed by atoms with van der Waals surface area (Å²) < 4.78 is 53.8. The van der Waals surface area contributed by atoms with Gasteiger partial charge in [0.1, 0.15) is 0 Å². The number of carbonyl (C=O) groups excluding carboxylic acids is 3. The number of hydrogen-bond acceptors (Lipinski definition) is 6. The Hall–Kier alpha value is -3.76. The molecule has 0 spiro atoms. The van der Waals surface area contributed by atoms with Crippen LogP contribution in [-0.2, 0) is 20.5 Å². The number of ether oxygens (including phenoxy) is 3. The van der Waals surface area contributed by atoms with E-state index in [1.165, 1.54) is 37.4 Å². The Morgan fingerprint density at radius 1 is 0.970 bits per heavy atom. The second-order valence-electron chi connectivity index (χ2n) is 7.08. The number of esters is 1. The molecule has 0 unspecified atom stereocenters. The lowest BCUT2D eigenvalue weighted by Crippen LogP contribution is -2.33. The van der Waals surface area contributed by atoms with Crippen LogP contribution in [-0.4, -0.2) is 44.1 Å². The zero-order chi connectivity index (χ0) is 24.6. The maximum atomic E-state index is 12.8. The Balaban J connectivity index is 1.96. The van der Waals surface area contributed by atoms with Crippen LogP contribution in [0, 0.1) is 0 Å². The smallest absolute Gasteiger partial charge is 0.416 e. The highest BCUT2D eigenvalue weighted by Crippen LogP contribution is 2.31. The minimum Gasteiger partial charge on any atom is -0.493 e. The predicted octanol–water partition coefficient (Wildman–Crippen LogP) is 3.41. The van der Waals surface area contributed by atoms with Gasteiger partial charge in [-0.25, -0.2) is 4.79 Å². The van der Waals surface area contributed by atoms with Crippen molar-refractivity contribution in [3.8, 4) is 11.5 Å². The molecule has 0 radical (unpaired) electrons. The summed E-state index contributed by atoms with van der Waals surface area (Å²) >= 11 is 0. The van der Waals surface area contributed by atoms with Gasteiger partial charge in [0.15, 0.2) is 24.7 Å². The van der Waals surface area contributed by atoms with Crippen LogP contribution in [0.2, 0.25) is 0 Å². The molecule has 2 rings (SSSR count). The summed E-state index contributed by atoms with van der Waals surface area (Å²) in [7, 11) is 1.32. The molecule has 0 saturated carbocycles. The molecule has 8 nitrogen and oxygen atoms in total. The van der Waals surface area contributed by atoms with Crippen molar-refractivity contribution in [2.45, 2.75) is 26.1 Å². The van der Waals surface area contributed by atoms with Gasteiger partial charge in [-0.05, 0) is 50.2 Å². The number of hydrogen-bond donors (Lipinski definition) is 2. The van der Waals surface area contributed by atoms with Gasteiger partial charge < -0.3 is 24.8 Å². The average molecular weight is 468 g/mol. The van der Waals surface area contributed by atoms with E-state index < -0.39 is 42.7 Å². The van der Waals surface area contributed by atoms with Crippen molar-refractivity contribution in [2.24, 2.45) is 0 Å². The first-order valence-electron chi connectivity index (χ1n) is 9.74. The van der Waals surface area contributed by atoms with E-state index in [0.717, 1.165) is 12.1 Å². The largest absolute Gasteiger partial charge is 0.493 e. The molecule has 0 fully saturated rings. The topological polar surface area (TPSA) is 103 Å². The van der Waals surface area contributed by atoms with Gasteiger partial charge >= 0.3 is 12.1 Å². The fourth-order valence-corrected chi connectivity index (χ4v) is 2.61. The van der Waals surface area contributed by atoms with Gasteiger partial charge in [0, 0.05) is 11.7 Å². The first-order chi connectivity index (χ1) is 15.5. The summed E-state index contributed by atoms with van der Waals surface area (Å²) in [5, 5.41) is 4.90. The van der Waals surface area contributed by atoms with E-state index in [2.05, 4.69) is 10.6 Å². The predicted molar refractivity (Wildman–Crippen MR) is 112 cm³/mol. The lowest BCUT2D eigenvalue weighted by atomic mass is 10.2. The van der Waals surface area contributed by atoms with Crippen LogP contribution in [0.3, 0.4) is 0 Å². The van der Waals surface area contributed by atoms with Crippen molar-refractivity contribution in [1.29, 1.82) is 0 Å². The molecule has 0 bridgehead atoms. The number of benzene rings is 2. The summed E-state index contributed by atoms with van der Waals surface area (Å²) in [6, 6.07) is 8.11. The fraction of sp³-hybridized carbons (Fsp3) is 0.318. The maximum Gasteiger partial charge on any atom is 0.416 e. The van der Waals surface area contributed by atoms with Gasteiger partial charge in [0.2, 0.25) is 0 Å². The zero-order valence-electron chi connectivity index (χ0n) is 18.1. The quantitative estimate of drug-likeness (QED) is 0.547. The van der Waals surface area contributed by atoms with Crippen LogP contribution in [0.4, 0.5) is 18.9 Å². The van der Waals surface area contributed by atoms with Crippen LogP contribution in [0.5, 0.6) is 11.5 Å². The van der Waals surface area contributed by atoms with Crippen LogP contribution in [0.25, 0.3) is 0 Å². The molecule has 0 aliphatic heterocycles. The maximum absolute atomic E-state index is 12.8. The third kappa shape index (κ3) is 8.02. The standard InChI is InChI=1S/C22H23F3N2O6/c1-13(2)26-19(28)12-33-21(30)14-7-8-17(18(9-14)31-3)32-11-20(29)27-16-6-4-5-15(10-16)22(23,24)25/h4-10,13H,11-12H2,1-3H3,(H,26,28)(H,27,29). The molecule has 2 amide bonds. The highest BCUT2D eigenvalue weighted by atomic mass is 19.4. The number of carbonyl (C=O) groups is 3. The zero-order valence-corrected chi connectivity index (χ0v) is 18.1. The molecule has 0 atom stereocenters. The van der Waals surface area contributed by atoms with Gasteiger partial charge in [0.25, 0.3) is 11.8 Å². The Morgan fingerprint density at radius 2 is 1.70 bits per heavy atom. The third-order valence-electron chi connectivity index (χ3n) is 4.02. The molecule has 11 heteroatoms. The van der Waals surface area contributed by atoms with Crippen LogP contribution in [0.15, 0.2) is 42.5 Å². The minimum absolute atomic E-state index is 0.0370. The summed E-state index contributed by atoms with van der Waals surface area (Å²) in [5.41, 5.74) is -0.845. The van der Waals surface area contributed by atoms with E-state index in [-0.39, 0.29) is 28.8 Å². The normalized spacial score (nSPS) is 11.0. The number of halogens is 3. The Morgan fingerprint density at radius 3 is 2.33 bits per heavy atom. The molecule has 2 N–H and O–H groups in total. The molecule has 0 heterocycles. The van der Waals surface area contributed by atoms with Crippen LogP contribution >= 0.6 is 0 Å². The lowest BCUT2D eigenvalue weighted by molar-refractivity contribution is -0.137. The van der Waals surface area contributed by atoms with E-state index in [0.29, 0.717) is 0 Å². The van der Waals surface area contributed by atoms with E-state index in [1.807, 2.05) is 0 Å². The number of rotatable bonds is 9. The molecule has 0 saturated heterocycles. The van der Waals surface area contributed by atoms with E-state index >= 15 is 0 Å². The summed E-state index contributed by atoms with van der Waals surface area (Å²) in [6.07, 6.45) is -4.54. The first-order valence-corrected chi connectivity index (χ1v) is 9.74. The van der Waals surface area contributed by atoms with Crippen molar-refractivity contribution in [3.63, 3.8) is 0 Å². The monoisotopic (exact) mass is 468 g/mol. The fourth-order valence-electron chi connectivity index (χ4n) is 2.61. The number of nitrogens with one attached hydrogen (secondary N) is 2. The summed E-state index contributed by atoms with van der Waals surface area (Å²) in [5.74, 6) is -1.68. The van der Waals surface area contributed by atoms with Gasteiger partial charge in [-0.15, -0.1) is 0 Å². The molecule has 2 aromatic carbocycles. The number of amides is 2. The van der Waals surface area contributed by atoms with E-state index in [1.54, 1.807) is 13.8 Å². The molecule has 0 aromatic heterocycles. The summed E-state index contributed by atoms with van der Waals surface area (Å²) in [4.78, 5) is 35.8. The van der Waals surface area contributed by atoms with Crippen LogP contribution < -0.4 is 20.1 Å². The van der Waals surface area contributed by atoms with Gasteiger partial charge in [-0.2, -0.15) is 13.2 Å². The molecular formula is C22H23F3N2O6. The SMILES string of the molecule is COc1cc(C(=O)OCC(=O)NC(C)C)ccc1OCC(=O)Nc1cccc(C(F)(F)F)c1. The Labute approximate surface area is 188 Å². The van der Waals surface area contributed by atoms with E-state index in [9.17, 15) is 27.6 Å². The lowest BCUT2D eigenvalue weighted by Gasteiger charge is -2.13. The second kappa shape index (κ2) is 11.2. The van der Waals surface area contributed by atoms with Crippen molar-refractivity contribution >= 4 is 23.5 Å². The molecule has 0 aliphatic carbocycles. The van der Waals surface area contributed by atoms with Crippen molar-refractivity contribution in [1.82, 2.24) is 5.32 Å². The Bertz CT molecular complexity index is 1010. The number of alkyl halides is 3. The van der Waals surface area contributed by atoms with Crippen molar-refractivity contribution < 1.29 is 41.8 Å². The summed E-state index contributed by atoms with van der Waals surface area (Å²) in [6.45, 7) is 2.56.